The van der Waals surface area contributed by atoms with Crippen LogP contribution in [0.5, 0.6) is 0 Å². The number of para-hydroxylation sites is 1. The Labute approximate surface area is 217 Å². The largest absolute Gasteiger partial charge is 0.467 e. The Balaban J connectivity index is 1.40. The second-order valence-corrected chi connectivity index (χ2v) is 12.1. The number of methoxy groups -OCH3 is 1. The van der Waals surface area contributed by atoms with Crippen LogP contribution < -0.4 is 5.32 Å². The number of carbonyl (C=O) groups is 1. The summed E-state index contributed by atoms with van der Waals surface area (Å²) in [5.74, 6) is 2.15. The van der Waals surface area contributed by atoms with Gasteiger partial charge in [0.05, 0.1) is 19.2 Å². The van der Waals surface area contributed by atoms with Gasteiger partial charge in [-0.3, -0.25) is 9.80 Å². The van der Waals surface area contributed by atoms with Gasteiger partial charge in [-0.15, -0.1) is 0 Å². The Hall–Kier alpha value is -2.25. The number of hydrogen-bond donors (Lipinski definition) is 1. The molecule has 1 saturated carbocycles. The first kappa shape index (κ1) is 26.8. The van der Waals surface area contributed by atoms with Crippen molar-refractivity contribution in [2.75, 3.05) is 38.6 Å². The van der Waals surface area contributed by atoms with Gasteiger partial charge in [-0.2, -0.15) is 0 Å². The van der Waals surface area contributed by atoms with Gasteiger partial charge in [-0.05, 0) is 55.1 Å². The van der Waals surface area contributed by atoms with Crippen molar-refractivity contribution in [3.63, 3.8) is 0 Å². The minimum atomic E-state index is -0.460. The van der Waals surface area contributed by atoms with Crippen LogP contribution in [0.15, 0.2) is 24.3 Å². The zero-order chi connectivity index (χ0) is 25.9. The Morgan fingerprint density at radius 2 is 1.72 bits per heavy atom. The lowest BCUT2D eigenvalue weighted by molar-refractivity contribution is -0.142. The van der Waals surface area contributed by atoms with E-state index in [0.717, 1.165) is 54.9 Å². The first-order valence-electron chi connectivity index (χ1n) is 13.7. The lowest BCUT2D eigenvalue weighted by atomic mass is 9.71. The van der Waals surface area contributed by atoms with Gasteiger partial charge in [0.25, 0.3) is 0 Å². The molecule has 1 atom stereocenters. The van der Waals surface area contributed by atoms with Gasteiger partial charge in [-0.25, -0.2) is 14.8 Å². The second-order valence-electron chi connectivity index (χ2n) is 12.1. The van der Waals surface area contributed by atoms with Crippen molar-refractivity contribution >= 4 is 22.7 Å². The number of hydrogen-bond acceptors (Lipinski definition) is 7. The smallest absolute Gasteiger partial charge is 0.328 e. The van der Waals surface area contributed by atoms with E-state index in [2.05, 4.69) is 35.9 Å². The third kappa shape index (κ3) is 6.35. The van der Waals surface area contributed by atoms with Gasteiger partial charge in [0, 0.05) is 37.6 Å². The van der Waals surface area contributed by atoms with E-state index in [-0.39, 0.29) is 11.9 Å². The fourth-order valence-corrected chi connectivity index (χ4v) is 5.87. The molecule has 2 fully saturated rings. The van der Waals surface area contributed by atoms with Crippen LogP contribution in [-0.2, 0) is 16.1 Å². The minimum absolute atomic E-state index is 0.0705. The molecule has 0 amide bonds. The SMILES string of the molecule is COC(=O)[C@@H](Nc1nc(CN2CCN(C3CCC(C(C)(C)C)CC3)CC2)nc2ccccc12)C(C)C. The number of rotatable bonds is 7. The molecule has 1 aliphatic carbocycles. The van der Waals surface area contributed by atoms with Crippen LogP contribution in [0.3, 0.4) is 0 Å². The molecule has 0 bridgehead atoms. The average Bonchev–Trinajstić information content (AvgIpc) is 2.86. The van der Waals surface area contributed by atoms with Gasteiger partial charge in [-0.1, -0.05) is 46.8 Å². The van der Waals surface area contributed by atoms with E-state index in [1.807, 2.05) is 38.1 Å². The van der Waals surface area contributed by atoms with E-state index >= 15 is 0 Å². The summed E-state index contributed by atoms with van der Waals surface area (Å²) in [6.07, 6.45) is 5.39. The summed E-state index contributed by atoms with van der Waals surface area (Å²) in [6.45, 7) is 16.2. The molecule has 36 heavy (non-hydrogen) atoms. The molecule has 1 N–H and O–H groups in total. The van der Waals surface area contributed by atoms with Gasteiger partial charge in [0.2, 0.25) is 0 Å². The molecule has 2 aromatic rings. The van der Waals surface area contributed by atoms with Crippen molar-refractivity contribution in [2.45, 2.75) is 78.9 Å². The number of ether oxygens (including phenoxy) is 1. The van der Waals surface area contributed by atoms with E-state index in [1.165, 1.54) is 32.8 Å². The van der Waals surface area contributed by atoms with Crippen molar-refractivity contribution in [3.05, 3.63) is 30.1 Å². The van der Waals surface area contributed by atoms with Gasteiger partial charge >= 0.3 is 5.97 Å². The molecule has 1 aliphatic heterocycles. The highest BCUT2D eigenvalue weighted by atomic mass is 16.5. The molecule has 0 unspecified atom stereocenters. The highest BCUT2D eigenvalue weighted by Crippen LogP contribution is 2.39. The molecule has 1 aromatic heterocycles. The lowest BCUT2D eigenvalue weighted by Crippen LogP contribution is -2.51. The van der Waals surface area contributed by atoms with Crippen LogP contribution >= 0.6 is 0 Å². The van der Waals surface area contributed by atoms with E-state index in [4.69, 9.17) is 14.7 Å². The number of benzene rings is 1. The predicted molar refractivity (Wildman–Crippen MR) is 146 cm³/mol. The van der Waals surface area contributed by atoms with Gasteiger partial charge in [0.15, 0.2) is 0 Å². The summed E-state index contributed by atoms with van der Waals surface area (Å²) in [5, 5.41) is 4.28. The van der Waals surface area contributed by atoms with Crippen molar-refractivity contribution < 1.29 is 9.53 Å². The maximum atomic E-state index is 12.4. The van der Waals surface area contributed by atoms with Crippen LogP contribution in [-0.4, -0.2) is 71.1 Å². The Bertz CT molecular complexity index is 1020. The number of piperazine rings is 1. The second kappa shape index (κ2) is 11.4. The number of aromatic nitrogens is 2. The van der Waals surface area contributed by atoms with Crippen LogP contribution in [0.4, 0.5) is 5.82 Å². The minimum Gasteiger partial charge on any atom is -0.467 e. The van der Waals surface area contributed by atoms with Crippen LogP contribution in [0.1, 0.15) is 66.1 Å². The first-order chi connectivity index (χ1) is 17.2. The van der Waals surface area contributed by atoms with Gasteiger partial charge in [0.1, 0.15) is 17.7 Å². The highest BCUT2D eigenvalue weighted by Gasteiger charge is 2.33. The summed E-state index contributed by atoms with van der Waals surface area (Å²) < 4.78 is 5.03. The molecule has 1 aromatic carbocycles. The number of nitrogens with one attached hydrogen (secondary N) is 1. The van der Waals surface area contributed by atoms with E-state index in [9.17, 15) is 4.79 Å². The van der Waals surface area contributed by atoms with Crippen molar-refractivity contribution in [3.8, 4) is 0 Å². The number of carbonyl (C=O) groups excluding carboxylic acids is 1. The fraction of sp³-hybridized carbons (Fsp3) is 0.690. The zero-order valence-electron chi connectivity index (χ0n) is 23.1. The standard InChI is InChI=1S/C29H45N5O2/c1-20(2)26(28(35)36-6)32-27-23-9-7-8-10-24(23)30-25(31-27)19-33-15-17-34(18-16-33)22-13-11-21(12-14-22)29(3,4)5/h7-10,20-22,26H,11-19H2,1-6H3,(H,30,31,32)/t21?,22?,26-/m0/s1. The third-order valence-electron chi connectivity index (χ3n) is 8.27. The van der Waals surface area contributed by atoms with Crippen molar-refractivity contribution in [2.24, 2.45) is 17.3 Å². The predicted octanol–water partition coefficient (Wildman–Crippen LogP) is 4.96. The Morgan fingerprint density at radius 1 is 1.06 bits per heavy atom. The third-order valence-corrected chi connectivity index (χ3v) is 8.27. The number of esters is 1. The maximum absolute atomic E-state index is 12.4. The number of nitrogens with zero attached hydrogens (tertiary/aromatic N) is 4. The van der Waals surface area contributed by atoms with Crippen molar-refractivity contribution in [1.29, 1.82) is 0 Å². The first-order valence-corrected chi connectivity index (χ1v) is 13.7. The van der Waals surface area contributed by atoms with Crippen LogP contribution in [0.25, 0.3) is 10.9 Å². The Morgan fingerprint density at radius 3 is 2.33 bits per heavy atom. The molecule has 7 nitrogen and oxygen atoms in total. The average molecular weight is 496 g/mol. The summed E-state index contributed by atoms with van der Waals surface area (Å²) in [6, 6.07) is 8.27. The topological polar surface area (TPSA) is 70.6 Å². The Kier molecular flexibility index (Phi) is 8.51. The molecule has 198 valence electrons. The van der Waals surface area contributed by atoms with Gasteiger partial charge < -0.3 is 10.1 Å². The molecule has 4 rings (SSSR count). The fourth-order valence-electron chi connectivity index (χ4n) is 5.87. The monoisotopic (exact) mass is 495 g/mol. The summed E-state index contributed by atoms with van der Waals surface area (Å²) in [7, 11) is 1.43. The molecule has 2 aliphatic rings. The van der Waals surface area contributed by atoms with E-state index in [1.54, 1.807) is 0 Å². The molecule has 1 saturated heterocycles. The quantitative estimate of drug-likeness (QED) is 0.544. The summed E-state index contributed by atoms with van der Waals surface area (Å²) in [5.41, 5.74) is 1.33. The van der Waals surface area contributed by atoms with Crippen LogP contribution in [0.2, 0.25) is 0 Å². The number of fused-ring (bicyclic) bond motifs is 1. The van der Waals surface area contributed by atoms with E-state index in [0.29, 0.717) is 17.8 Å². The molecule has 7 heteroatoms. The van der Waals surface area contributed by atoms with Crippen molar-refractivity contribution in [1.82, 2.24) is 19.8 Å². The molecule has 0 radical (unpaired) electrons. The summed E-state index contributed by atoms with van der Waals surface area (Å²) in [4.78, 5) is 27.3. The lowest BCUT2D eigenvalue weighted by Gasteiger charge is -2.44. The molecular weight excluding hydrogens is 450 g/mol. The maximum Gasteiger partial charge on any atom is 0.328 e. The normalized spacial score (nSPS) is 23.1. The molecule has 0 spiro atoms. The number of anilines is 1. The zero-order valence-corrected chi connectivity index (χ0v) is 23.1. The summed E-state index contributed by atoms with van der Waals surface area (Å²) >= 11 is 0. The van der Waals surface area contributed by atoms with Crippen LogP contribution in [0, 0.1) is 17.3 Å². The van der Waals surface area contributed by atoms with E-state index < -0.39 is 6.04 Å². The highest BCUT2D eigenvalue weighted by molar-refractivity contribution is 5.91. The molecular formula is C29H45N5O2. The molecule has 2 heterocycles.